The lowest BCUT2D eigenvalue weighted by atomic mass is 9.91. The molecule has 2 N–H and O–H groups in total. The molecular formula is C37H30F5N3O4S. The Morgan fingerprint density at radius 1 is 0.780 bits per heavy atom. The molecule has 6 rings (SSSR count). The second-order valence-electron chi connectivity index (χ2n) is 11.6. The quantitative estimate of drug-likeness (QED) is 0.0502. The monoisotopic (exact) mass is 707 g/mol. The Morgan fingerprint density at radius 3 is 2.10 bits per heavy atom. The van der Waals surface area contributed by atoms with E-state index in [1.165, 1.54) is 11.8 Å². The maximum atomic E-state index is 14.2. The van der Waals surface area contributed by atoms with Gasteiger partial charge in [0.1, 0.15) is 5.56 Å². The van der Waals surface area contributed by atoms with Crippen molar-refractivity contribution in [3.05, 3.63) is 148 Å². The number of ether oxygens (including phenoxy) is 2. The number of nitrogens with one attached hydrogen (secondary N) is 1. The molecule has 0 radical (unpaired) electrons. The minimum Gasteiger partial charge on any atom is -0.392 e. The Morgan fingerprint density at radius 2 is 1.42 bits per heavy atom. The van der Waals surface area contributed by atoms with Crippen LogP contribution in [0.4, 0.5) is 22.0 Å². The van der Waals surface area contributed by atoms with Crippen LogP contribution in [0.1, 0.15) is 51.9 Å². The van der Waals surface area contributed by atoms with Gasteiger partial charge in [-0.05, 0) is 46.0 Å². The smallest absolute Gasteiger partial charge is 0.257 e. The van der Waals surface area contributed by atoms with E-state index in [2.05, 4.69) is 22.2 Å². The van der Waals surface area contributed by atoms with Crippen LogP contribution in [-0.4, -0.2) is 32.8 Å². The van der Waals surface area contributed by atoms with Crippen molar-refractivity contribution in [1.82, 2.24) is 15.3 Å². The van der Waals surface area contributed by atoms with Crippen LogP contribution in [0, 0.1) is 35.0 Å². The van der Waals surface area contributed by atoms with Gasteiger partial charge in [-0.1, -0.05) is 79.3 Å². The van der Waals surface area contributed by atoms with Gasteiger partial charge in [0.2, 0.25) is 5.82 Å². The summed E-state index contributed by atoms with van der Waals surface area (Å²) in [6.45, 7) is 1.74. The number of hydrogen-bond donors (Lipinski definition) is 2. The van der Waals surface area contributed by atoms with Crippen molar-refractivity contribution >= 4 is 17.7 Å². The number of amides is 1. The molecule has 0 aliphatic carbocycles. The number of carbonyl (C=O) groups is 1. The van der Waals surface area contributed by atoms with E-state index in [1.54, 1.807) is 36.7 Å². The molecule has 258 valence electrons. The number of thioether (sulfide) groups is 1. The topological polar surface area (TPSA) is 93.6 Å². The average Bonchev–Trinajstić information content (AvgIpc) is 3.15. The molecule has 1 amide bonds. The molecule has 1 aromatic heterocycles. The molecule has 2 heterocycles. The predicted molar refractivity (Wildman–Crippen MR) is 175 cm³/mol. The molecule has 1 aliphatic heterocycles. The first kappa shape index (κ1) is 35.1. The molecule has 0 bridgehead atoms. The predicted octanol–water partition coefficient (Wildman–Crippen LogP) is 7.85. The summed E-state index contributed by atoms with van der Waals surface area (Å²) < 4.78 is 82.2. The highest BCUT2D eigenvalue weighted by Crippen LogP contribution is 2.43. The van der Waals surface area contributed by atoms with Crippen LogP contribution in [0.3, 0.4) is 0 Å². The van der Waals surface area contributed by atoms with Gasteiger partial charge in [0.25, 0.3) is 5.91 Å². The zero-order valence-electron chi connectivity index (χ0n) is 26.5. The Kier molecular flexibility index (Phi) is 10.9. The molecule has 0 saturated carbocycles. The summed E-state index contributed by atoms with van der Waals surface area (Å²) in [5.41, 5.74) is 2.91. The molecule has 1 saturated heterocycles. The summed E-state index contributed by atoms with van der Waals surface area (Å²) >= 11 is 1.48. The molecule has 4 atom stereocenters. The second kappa shape index (κ2) is 15.5. The van der Waals surface area contributed by atoms with Crippen LogP contribution in [0.25, 0.3) is 11.1 Å². The van der Waals surface area contributed by atoms with E-state index in [9.17, 15) is 31.9 Å². The normalized spacial score (nSPS) is 18.9. The van der Waals surface area contributed by atoms with Gasteiger partial charge >= 0.3 is 0 Å². The average molecular weight is 708 g/mol. The van der Waals surface area contributed by atoms with Crippen molar-refractivity contribution in [2.75, 3.05) is 5.75 Å². The molecule has 4 unspecified atom stereocenters. The largest absolute Gasteiger partial charge is 0.392 e. The number of benzene rings is 4. The summed E-state index contributed by atoms with van der Waals surface area (Å²) in [5, 5.41) is 12.4. The third kappa shape index (κ3) is 7.55. The lowest BCUT2D eigenvalue weighted by molar-refractivity contribution is -0.268. The van der Waals surface area contributed by atoms with Gasteiger partial charge in [0.05, 0.1) is 18.8 Å². The van der Waals surface area contributed by atoms with Gasteiger partial charge < -0.3 is 19.9 Å². The van der Waals surface area contributed by atoms with Crippen LogP contribution >= 0.6 is 11.8 Å². The number of aliphatic hydroxyl groups is 1. The van der Waals surface area contributed by atoms with Gasteiger partial charge in [-0.2, -0.15) is 0 Å². The van der Waals surface area contributed by atoms with Gasteiger partial charge in [-0.25, -0.2) is 31.9 Å². The number of halogens is 5. The van der Waals surface area contributed by atoms with Crippen molar-refractivity contribution < 1.29 is 41.3 Å². The fourth-order valence-corrected chi connectivity index (χ4v) is 6.59. The third-order valence-corrected chi connectivity index (χ3v) is 9.32. The molecule has 13 heteroatoms. The van der Waals surface area contributed by atoms with Crippen molar-refractivity contribution in [3.8, 4) is 11.1 Å². The highest BCUT2D eigenvalue weighted by molar-refractivity contribution is 7.99. The fraction of sp³-hybridized carbons (Fsp3) is 0.216. The molecule has 5 aromatic rings. The number of nitrogens with zero attached hydrogens (tertiary/aromatic N) is 2. The van der Waals surface area contributed by atoms with Gasteiger partial charge in [0.15, 0.2) is 34.7 Å². The van der Waals surface area contributed by atoms with E-state index >= 15 is 0 Å². The van der Waals surface area contributed by atoms with Crippen LogP contribution in [0.2, 0.25) is 0 Å². The first-order valence-corrected chi connectivity index (χ1v) is 16.5. The number of carbonyl (C=O) groups excluding carboxylic acids is 1. The number of aromatic nitrogens is 2. The van der Waals surface area contributed by atoms with E-state index in [4.69, 9.17) is 9.47 Å². The highest BCUT2D eigenvalue weighted by atomic mass is 32.2. The summed E-state index contributed by atoms with van der Waals surface area (Å²) in [5.74, 6) is -12.1. The Balaban J connectivity index is 1.22. The van der Waals surface area contributed by atoms with Crippen molar-refractivity contribution in [2.24, 2.45) is 5.92 Å². The lowest BCUT2D eigenvalue weighted by Crippen LogP contribution is -2.38. The summed E-state index contributed by atoms with van der Waals surface area (Å²) in [6.07, 6.45) is 2.02. The summed E-state index contributed by atoms with van der Waals surface area (Å²) in [4.78, 5) is 21.1. The van der Waals surface area contributed by atoms with Gasteiger partial charge in [-0.15, -0.1) is 0 Å². The first-order chi connectivity index (χ1) is 24.1. The molecule has 1 fully saturated rings. The minimum absolute atomic E-state index is 0.0534. The van der Waals surface area contributed by atoms with E-state index in [-0.39, 0.29) is 31.3 Å². The molecule has 4 aromatic carbocycles. The van der Waals surface area contributed by atoms with Crippen LogP contribution in [-0.2, 0) is 22.6 Å². The molecule has 1 aliphatic rings. The van der Waals surface area contributed by atoms with Crippen molar-refractivity contribution in [1.29, 1.82) is 0 Å². The molecule has 0 spiro atoms. The third-order valence-electron chi connectivity index (χ3n) is 8.35. The van der Waals surface area contributed by atoms with E-state index in [1.807, 2.05) is 54.6 Å². The Bertz CT molecular complexity index is 1960. The minimum atomic E-state index is -2.34. The van der Waals surface area contributed by atoms with E-state index in [0.29, 0.717) is 16.5 Å². The zero-order valence-corrected chi connectivity index (χ0v) is 27.3. The second-order valence-corrected chi connectivity index (χ2v) is 12.6. The van der Waals surface area contributed by atoms with Crippen LogP contribution in [0.15, 0.2) is 96.4 Å². The number of aliphatic hydroxyl groups excluding tert-OH is 1. The zero-order chi connectivity index (χ0) is 35.4. The molecule has 50 heavy (non-hydrogen) atoms. The lowest BCUT2D eigenvalue weighted by Gasteiger charge is -2.41. The van der Waals surface area contributed by atoms with E-state index < -0.39 is 46.8 Å². The van der Waals surface area contributed by atoms with E-state index in [0.717, 1.165) is 27.8 Å². The van der Waals surface area contributed by atoms with Gasteiger partial charge in [0, 0.05) is 36.2 Å². The van der Waals surface area contributed by atoms with Crippen LogP contribution < -0.4 is 5.32 Å². The standard InChI is InChI=1S/C37H30F5N3O4S/c1-20-27(19-50-37-43-13-4-14-44-37)48-36(49-34(20)23-11-9-21(18-46)10-12-23)26-8-3-7-25(16-26)24-6-2-5-22(15-24)17-45-35(47)28-29(38)31(40)33(42)32(41)30(28)39/h2-16,20,27,34,36,46H,17-19H2,1H3,(H,45,47). The first-order valence-electron chi connectivity index (χ1n) is 15.5. The maximum absolute atomic E-state index is 14.2. The van der Waals surface area contributed by atoms with Crippen molar-refractivity contribution in [2.45, 2.75) is 43.7 Å². The maximum Gasteiger partial charge on any atom is 0.257 e. The number of rotatable bonds is 10. The Hall–Kier alpha value is -4.69. The van der Waals surface area contributed by atoms with Gasteiger partial charge in [-0.3, -0.25) is 4.79 Å². The van der Waals surface area contributed by atoms with Crippen molar-refractivity contribution in [3.63, 3.8) is 0 Å². The van der Waals surface area contributed by atoms with Crippen LogP contribution in [0.5, 0.6) is 0 Å². The molecule has 7 nitrogen and oxygen atoms in total. The summed E-state index contributed by atoms with van der Waals surface area (Å²) in [7, 11) is 0. The number of hydrogen-bond acceptors (Lipinski definition) is 7. The fourth-order valence-electron chi connectivity index (χ4n) is 5.63. The molecular weight excluding hydrogens is 677 g/mol. The SMILES string of the molecule is CC1C(CSc2ncccn2)OC(c2cccc(-c3cccc(CNC(=O)c4c(F)c(F)c(F)c(F)c4F)c3)c2)OC1c1ccc(CO)cc1. The Labute approximate surface area is 288 Å². The summed E-state index contributed by atoms with van der Waals surface area (Å²) in [6, 6.07) is 23.8. The highest BCUT2D eigenvalue weighted by Gasteiger charge is 2.38.